The van der Waals surface area contributed by atoms with Gasteiger partial charge in [0.15, 0.2) is 0 Å². The maximum Gasteiger partial charge on any atom is 0.251 e. The van der Waals surface area contributed by atoms with Crippen molar-refractivity contribution in [2.45, 2.75) is 43.5 Å². The lowest BCUT2D eigenvalue weighted by molar-refractivity contribution is 0.0951. The highest BCUT2D eigenvalue weighted by atomic mass is 32.2. The molecule has 0 aromatic heterocycles. The van der Waals surface area contributed by atoms with Gasteiger partial charge in [-0.25, -0.2) is 8.42 Å². The minimum atomic E-state index is -3.54. The Balaban J connectivity index is 1.44. The number of hydrogen-bond acceptors (Lipinski definition) is 3. The van der Waals surface area contributed by atoms with Crippen molar-refractivity contribution in [2.24, 2.45) is 0 Å². The maximum absolute atomic E-state index is 13.2. The van der Waals surface area contributed by atoms with Crippen LogP contribution >= 0.6 is 0 Å². The number of aryl methyl sites for hydroxylation is 1. The molecule has 5 nitrogen and oxygen atoms in total. The van der Waals surface area contributed by atoms with Gasteiger partial charge < -0.3 is 5.32 Å². The van der Waals surface area contributed by atoms with Gasteiger partial charge in [-0.1, -0.05) is 60.5 Å². The zero-order chi connectivity index (χ0) is 21.8. The fourth-order valence-corrected chi connectivity index (χ4v) is 6.02. The summed E-state index contributed by atoms with van der Waals surface area (Å²) >= 11 is 0. The highest BCUT2D eigenvalue weighted by Crippen LogP contribution is 2.27. The van der Waals surface area contributed by atoms with E-state index in [0.717, 1.165) is 35.6 Å². The number of nitrogens with zero attached hydrogens (tertiary/aromatic N) is 1. The summed E-state index contributed by atoms with van der Waals surface area (Å²) in [4.78, 5) is 13.1. The van der Waals surface area contributed by atoms with Gasteiger partial charge in [0.2, 0.25) is 10.0 Å². The summed E-state index contributed by atoms with van der Waals surface area (Å²) in [5, 5.41) is 4.94. The van der Waals surface area contributed by atoms with Crippen molar-refractivity contribution >= 4 is 26.7 Å². The Bertz CT molecular complexity index is 1170. The molecule has 0 bridgehead atoms. The van der Waals surface area contributed by atoms with Crippen molar-refractivity contribution in [1.29, 1.82) is 0 Å². The Hall–Kier alpha value is -2.70. The number of nitrogens with one attached hydrogen (secondary N) is 1. The van der Waals surface area contributed by atoms with Crippen molar-refractivity contribution in [3.05, 3.63) is 77.9 Å². The van der Waals surface area contributed by atoms with Gasteiger partial charge in [-0.15, -0.1) is 0 Å². The van der Waals surface area contributed by atoms with Crippen molar-refractivity contribution in [3.8, 4) is 0 Å². The van der Waals surface area contributed by atoms with E-state index in [0.29, 0.717) is 30.0 Å². The molecule has 6 heteroatoms. The van der Waals surface area contributed by atoms with E-state index in [2.05, 4.69) is 5.32 Å². The van der Waals surface area contributed by atoms with Crippen LogP contribution in [-0.4, -0.2) is 37.8 Å². The van der Waals surface area contributed by atoms with Crippen LogP contribution < -0.4 is 5.32 Å². The standard InChI is InChI=1S/C25H28N2O3S/c1-19-12-14-22(15-13-19)31(29,30)27-18-5-4-9-21(27)16-17-26-25(28)24-11-6-8-20-7-2-3-10-23(20)24/h2-3,6-8,10-15,21H,4-5,9,16-18H2,1H3,(H,26,28). The van der Waals surface area contributed by atoms with Crippen LogP contribution in [0.5, 0.6) is 0 Å². The highest BCUT2D eigenvalue weighted by Gasteiger charge is 2.33. The minimum Gasteiger partial charge on any atom is -0.352 e. The molecular formula is C25H28N2O3S. The van der Waals surface area contributed by atoms with Crippen molar-refractivity contribution in [1.82, 2.24) is 9.62 Å². The summed E-state index contributed by atoms with van der Waals surface area (Å²) in [5.41, 5.74) is 1.68. The van der Waals surface area contributed by atoms with Crippen LogP contribution in [0.25, 0.3) is 10.8 Å². The molecule has 162 valence electrons. The van der Waals surface area contributed by atoms with E-state index in [4.69, 9.17) is 0 Å². The zero-order valence-electron chi connectivity index (χ0n) is 17.8. The lowest BCUT2D eigenvalue weighted by Crippen LogP contribution is -2.45. The predicted molar refractivity (Wildman–Crippen MR) is 124 cm³/mol. The molecule has 1 fully saturated rings. The van der Waals surface area contributed by atoms with E-state index < -0.39 is 10.0 Å². The van der Waals surface area contributed by atoms with Crippen LogP contribution in [0, 0.1) is 6.92 Å². The first kappa shape index (κ1) is 21.5. The number of benzene rings is 3. The Morgan fingerprint density at radius 2 is 1.74 bits per heavy atom. The highest BCUT2D eigenvalue weighted by molar-refractivity contribution is 7.89. The van der Waals surface area contributed by atoms with Crippen molar-refractivity contribution in [2.75, 3.05) is 13.1 Å². The average Bonchev–Trinajstić information content (AvgIpc) is 2.79. The van der Waals surface area contributed by atoms with Crippen LogP contribution in [-0.2, 0) is 10.0 Å². The van der Waals surface area contributed by atoms with Crippen LogP contribution in [0.15, 0.2) is 71.6 Å². The van der Waals surface area contributed by atoms with E-state index in [1.165, 1.54) is 0 Å². The van der Waals surface area contributed by atoms with Crippen molar-refractivity contribution < 1.29 is 13.2 Å². The first-order valence-electron chi connectivity index (χ1n) is 10.8. The van der Waals surface area contributed by atoms with Gasteiger partial charge in [-0.3, -0.25) is 4.79 Å². The van der Waals surface area contributed by atoms with Crippen LogP contribution in [0.3, 0.4) is 0 Å². The molecular weight excluding hydrogens is 408 g/mol. The summed E-state index contributed by atoms with van der Waals surface area (Å²) in [5.74, 6) is -0.124. The van der Waals surface area contributed by atoms with Crippen molar-refractivity contribution in [3.63, 3.8) is 0 Å². The number of carbonyl (C=O) groups excluding carboxylic acids is 1. The lowest BCUT2D eigenvalue weighted by atomic mass is 10.0. The van der Waals surface area contributed by atoms with Gasteiger partial charge in [0.1, 0.15) is 0 Å². The van der Waals surface area contributed by atoms with E-state index >= 15 is 0 Å². The van der Waals surface area contributed by atoms with Gasteiger partial charge in [0.05, 0.1) is 4.90 Å². The Kier molecular flexibility index (Phi) is 6.39. The molecule has 0 radical (unpaired) electrons. The lowest BCUT2D eigenvalue weighted by Gasteiger charge is -2.34. The van der Waals surface area contributed by atoms with Crippen LogP contribution in [0.1, 0.15) is 41.6 Å². The normalized spacial score (nSPS) is 17.5. The van der Waals surface area contributed by atoms with Gasteiger partial charge >= 0.3 is 0 Å². The average molecular weight is 437 g/mol. The molecule has 3 aromatic carbocycles. The van der Waals surface area contributed by atoms with Gasteiger partial charge in [0, 0.05) is 24.7 Å². The third-order valence-corrected chi connectivity index (χ3v) is 7.96. The number of sulfonamides is 1. The topological polar surface area (TPSA) is 66.5 Å². The van der Waals surface area contributed by atoms with Gasteiger partial charge in [-0.05, 0) is 55.2 Å². The predicted octanol–water partition coefficient (Wildman–Crippen LogP) is 4.51. The number of hydrogen-bond donors (Lipinski definition) is 1. The number of fused-ring (bicyclic) bond motifs is 1. The molecule has 1 aliphatic rings. The largest absolute Gasteiger partial charge is 0.352 e. The van der Waals surface area contributed by atoms with Crippen LogP contribution in [0.2, 0.25) is 0 Å². The molecule has 1 saturated heterocycles. The molecule has 0 aliphatic carbocycles. The minimum absolute atomic E-state index is 0.104. The molecule has 0 saturated carbocycles. The number of rotatable bonds is 6. The second-order valence-electron chi connectivity index (χ2n) is 8.15. The molecule has 1 amide bonds. The Morgan fingerprint density at radius 3 is 2.55 bits per heavy atom. The smallest absolute Gasteiger partial charge is 0.251 e. The van der Waals surface area contributed by atoms with Gasteiger partial charge in [0.25, 0.3) is 5.91 Å². The Morgan fingerprint density at radius 1 is 1.00 bits per heavy atom. The molecule has 1 heterocycles. The van der Waals surface area contributed by atoms with Crippen LogP contribution in [0.4, 0.5) is 0 Å². The molecule has 1 N–H and O–H groups in total. The number of piperidine rings is 1. The second-order valence-corrected chi connectivity index (χ2v) is 10.0. The van der Waals surface area contributed by atoms with E-state index in [-0.39, 0.29) is 11.9 Å². The maximum atomic E-state index is 13.2. The SMILES string of the molecule is Cc1ccc(S(=O)(=O)N2CCCCC2CCNC(=O)c2cccc3ccccc23)cc1. The molecule has 3 aromatic rings. The quantitative estimate of drug-likeness (QED) is 0.618. The molecule has 0 spiro atoms. The first-order chi connectivity index (χ1) is 15.0. The number of amides is 1. The Labute approximate surface area is 184 Å². The number of carbonyl (C=O) groups is 1. The fraction of sp³-hybridized carbons (Fsp3) is 0.320. The second kappa shape index (κ2) is 9.20. The third kappa shape index (κ3) is 4.65. The summed E-state index contributed by atoms with van der Waals surface area (Å²) in [6, 6.07) is 20.4. The molecule has 31 heavy (non-hydrogen) atoms. The van der Waals surface area contributed by atoms with E-state index in [9.17, 15) is 13.2 Å². The van der Waals surface area contributed by atoms with E-state index in [1.54, 1.807) is 16.4 Å². The summed E-state index contributed by atoms with van der Waals surface area (Å²) in [7, 11) is -3.54. The molecule has 4 rings (SSSR count). The summed E-state index contributed by atoms with van der Waals surface area (Å²) in [6.07, 6.45) is 3.28. The zero-order valence-corrected chi connectivity index (χ0v) is 18.6. The molecule has 1 aliphatic heterocycles. The third-order valence-electron chi connectivity index (χ3n) is 6.00. The van der Waals surface area contributed by atoms with Gasteiger partial charge in [-0.2, -0.15) is 4.31 Å². The fourth-order valence-electron chi connectivity index (χ4n) is 4.30. The first-order valence-corrected chi connectivity index (χ1v) is 12.3. The molecule has 1 unspecified atom stereocenters. The van der Waals surface area contributed by atoms with E-state index in [1.807, 2.05) is 61.5 Å². The monoisotopic (exact) mass is 436 g/mol. The summed E-state index contributed by atoms with van der Waals surface area (Å²) < 4.78 is 28.1. The summed E-state index contributed by atoms with van der Waals surface area (Å²) in [6.45, 7) is 2.91. The molecule has 1 atom stereocenters.